The summed E-state index contributed by atoms with van der Waals surface area (Å²) in [6, 6.07) is 13.2. The molecule has 2 aromatic rings. The molecule has 1 aliphatic heterocycles. The van der Waals surface area contributed by atoms with E-state index in [1.807, 2.05) is 19.1 Å². The van der Waals surface area contributed by atoms with Crippen LogP contribution in [0.5, 0.6) is 0 Å². The zero-order valence-electron chi connectivity index (χ0n) is 15.6. The van der Waals surface area contributed by atoms with Gasteiger partial charge in [0, 0.05) is 18.5 Å². The quantitative estimate of drug-likeness (QED) is 0.636. The van der Waals surface area contributed by atoms with Crippen molar-refractivity contribution in [2.75, 3.05) is 10.2 Å². The van der Waals surface area contributed by atoms with Crippen LogP contribution in [-0.2, 0) is 19.1 Å². The monoisotopic (exact) mass is 380 g/mol. The summed E-state index contributed by atoms with van der Waals surface area (Å²) >= 11 is 0. The van der Waals surface area contributed by atoms with Crippen molar-refractivity contribution >= 4 is 35.1 Å². The highest BCUT2D eigenvalue weighted by atomic mass is 16.5. The van der Waals surface area contributed by atoms with Crippen LogP contribution in [0.4, 0.5) is 11.4 Å². The number of anilines is 2. The summed E-state index contributed by atoms with van der Waals surface area (Å²) in [5.74, 6) is -1.64. The molecule has 1 aliphatic rings. The van der Waals surface area contributed by atoms with E-state index in [1.54, 1.807) is 12.1 Å². The van der Waals surface area contributed by atoms with E-state index in [4.69, 9.17) is 4.74 Å². The first kappa shape index (κ1) is 19.3. The first-order valence-electron chi connectivity index (χ1n) is 8.89. The van der Waals surface area contributed by atoms with Gasteiger partial charge in [0.15, 0.2) is 6.10 Å². The summed E-state index contributed by atoms with van der Waals surface area (Å²) in [5, 5.41) is 2.68. The molecule has 7 nitrogen and oxygen atoms in total. The molecule has 0 radical (unpaired) electrons. The summed E-state index contributed by atoms with van der Waals surface area (Å²) in [5.41, 5.74) is 2.31. The number of ether oxygens (including phenoxy) is 1. The Hall–Kier alpha value is -3.48. The van der Waals surface area contributed by atoms with Gasteiger partial charge in [-0.3, -0.25) is 19.3 Å². The zero-order valence-corrected chi connectivity index (χ0v) is 15.6. The molecule has 0 aliphatic carbocycles. The van der Waals surface area contributed by atoms with Crippen molar-refractivity contribution in [1.82, 2.24) is 0 Å². The zero-order chi connectivity index (χ0) is 20.3. The summed E-state index contributed by atoms with van der Waals surface area (Å²) in [4.78, 5) is 49.1. The molecule has 0 spiro atoms. The molecule has 144 valence electrons. The largest absolute Gasteiger partial charge is 0.449 e. The Balaban J connectivity index is 1.60. The smallest absolute Gasteiger partial charge is 0.338 e. The third-order valence-electron chi connectivity index (χ3n) is 4.38. The Morgan fingerprint density at radius 3 is 2.11 bits per heavy atom. The number of benzene rings is 2. The molecule has 1 atom stereocenters. The Morgan fingerprint density at radius 2 is 1.54 bits per heavy atom. The van der Waals surface area contributed by atoms with Crippen molar-refractivity contribution in [2.45, 2.75) is 32.8 Å². The fourth-order valence-electron chi connectivity index (χ4n) is 2.77. The molecule has 0 bridgehead atoms. The van der Waals surface area contributed by atoms with Crippen LogP contribution in [0.1, 0.15) is 35.7 Å². The van der Waals surface area contributed by atoms with E-state index in [-0.39, 0.29) is 30.2 Å². The van der Waals surface area contributed by atoms with E-state index in [2.05, 4.69) is 5.32 Å². The second kappa shape index (κ2) is 8.04. The number of hydrogen-bond acceptors (Lipinski definition) is 5. The maximum atomic E-state index is 12.3. The maximum Gasteiger partial charge on any atom is 0.338 e. The molecule has 1 fully saturated rings. The molecule has 3 amide bonds. The van der Waals surface area contributed by atoms with Crippen molar-refractivity contribution in [2.24, 2.45) is 0 Å². The van der Waals surface area contributed by atoms with Crippen LogP contribution in [0.3, 0.4) is 0 Å². The highest BCUT2D eigenvalue weighted by Crippen LogP contribution is 2.23. The molecule has 1 heterocycles. The van der Waals surface area contributed by atoms with Crippen LogP contribution in [0, 0.1) is 6.92 Å². The summed E-state index contributed by atoms with van der Waals surface area (Å²) in [7, 11) is 0. The fraction of sp³-hybridized carbons (Fsp3) is 0.238. The minimum atomic E-state index is -0.991. The van der Waals surface area contributed by atoms with Gasteiger partial charge < -0.3 is 10.1 Å². The molecule has 3 rings (SSSR count). The van der Waals surface area contributed by atoms with Crippen LogP contribution in [0.25, 0.3) is 0 Å². The number of nitrogens with zero attached hydrogens (tertiary/aromatic N) is 1. The molecule has 0 saturated carbocycles. The van der Waals surface area contributed by atoms with Crippen LogP contribution in [0.2, 0.25) is 0 Å². The molecular formula is C21H20N2O5. The lowest BCUT2D eigenvalue weighted by molar-refractivity contribution is -0.124. The van der Waals surface area contributed by atoms with Gasteiger partial charge in [-0.05, 0) is 50.2 Å². The number of rotatable bonds is 5. The fourth-order valence-corrected chi connectivity index (χ4v) is 2.77. The van der Waals surface area contributed by atoms with E-state index in [0.717, 1.165) is 10.5 Å². The molecule has 7 heteroatoms. The maximum absolute atomic E-state index is 12.3. The summed E-state index contributed by atoms with van der Waals surface area (Å²) in [6.45, 7) is 3.42. The average molecular weight is 380 g/mol. The number of amides is 3. The topological polar surface area (TPSA) is 92.8 Å². The van der Waals surface area contributed by atoms with Gasteiger partial charge in [-0.1, -0.05) is 17.7 Å². The number of carbonyl (C=O) groups excluding carboxylic acids is 4. The first-order valence-corrected chi connectivity index (χ1v) is 8.89. The Kier molecular flexibility index (Phi) is 5.54. The number of aryl methyl sites for hydroxylation is 1. The van der Waals surface area contributed by atoms with E-state index in [9.17, 15) is 19.2 Å². The van der Waals surface area contributed by atoms with E-state index < -0.39 is 18.0 Å². The summed E-state index contributed by atoms with van der Waals surface area (Å²) in [6.07, 6.45) is -0.609. The number of carbonyl (C=O) groups is 4. The third-order valence-corrected chi connectivity index (χ3v) is 4.38. The van der Waals surface area contributed by atoms with Crippen molar-refractivity contribution in [3.63, 3.8) is 0 Å². The normalized spacial score (nSPS) is 14.7. The Bertz CT molecular complexity index is 903. The van der Waals surface area contributed by atoms with E-state index in [0.29, 0.717) is 11.4 Å². The molecular weight excluding hydrogens is 360 g/mol. The summed E-state index contributed by atoms with van der Waals surface area (Å²) < 4.78 is 5.20. The second-order valence-electron chi connectivity index (χ2n) is 6.57. The van der Waals surface area contributed by atoms with Crippen LogP contribution >= 0.6 is 0 Å². The second-order valence-corrected chi connectivity index (χ2v) is 6.57. The molecule has 2 aromatic carbocycles. The predicted molar refractivity (Wildman–Crippen MR) is 103 cm³/mol. The molecule has 1 N–H and O–H groups in total. The highest BCUT2D eigenvalue weighted by molar-refractivity contribution is 6.19. The van der Waals surface area contributed by atoms with Gasteiger partial charge in [-0.25, -0.2) is 4.79 Å². The van der Waals surface area contributed by atoms with Crippen molar-refractivity contribution < 1.29 is 23.9 Å². The molecule has 0 unspecified atom stereocenters. The van der Waals surface area contributed by atoms with Gasteiger partial charge in [-0.15, -0.1) is 0 Å². The van der Waals surface area contributed by atoms with Gasteiger partial charge in [0.1, 0.15) is 0 Å². The number of esters is 1. The Morgan fingerprint density at radius 1 is 0.964 bits per heavy atom. The average Bonchev–Trinajstić information content (AvgIpc) is 3.02. The minimum Gasteiger partial charge on any atom is -0.449 e. The standard InChI is InChI=1S/C21H20N2O5/c1-13-3-7-16(8-4-13)22-20(26)14(2)28-21(27)15-5-9-17(10-6-15)23-18(24)11-12-19(23)25/h3-10,14H,11-12H2,1-2H3,(H,22,26)/t14-/m1/s1. The lowest BCUT2D eigenvalue weighted by Gasteiger charge is -2.15. The Labute approximate surface area is 162 Å². The number of nitrogens with one attached hydrogen (secondary N) is 1. The van der Waals surface area contributed by atoms with Crippen LogP contribution < -0.4 is 10.2 Å². The van der Waals surface area contributed by atoms with Crippen LogP contribution in [0.15, 0.2) is 48.5 Å². The lowest BCUT2D eigenvalue weighted by atomic mass is 10.2. The van der Waals surface area contributed by atoms with Crippen LogP contribution in [-0.4, -0.2) is 29.8 Å². The van der Waals surface area contributed by atoms with Gasteiger partial charge >= 0.3 is 5.97 Å². The van der Waals surface area contributed by atoms with Crippen molar-refractivity contribution in [3.05, 3.63) is 59.7 Å². The van der Waals surface area contributed by atoms with E-state index in [1.165, 1.54) is 31.2 Å². The molecule has 1 saturated heterocycles. The highest BCUT2D eigenvalue weighted by Gasteiger charge is 2.30. The molecule has 0 aromatic heterocycles. The number of imide groups is 1. The molecule has 28 heavy (non-hydrogen) atoms. The third kappa shape index (κ3) is 4.25. The van der Waals surface area contributed by atoms with Gasteiger partial charge in [-0.2, -0.15) is 0 Å². The first-order chi connectivity index (χ1) is 13.3. The van der Waals surface area contributed by atoms with Crippen molar-refractivity contribution in [3.8, 4) is 0 Å². The number of hydrogen-bond donors (Lipinski definition) is 1. The minimum absolute atomic E-state index is 0.191. The predicted octanol–water partition coefficient (Wildman–Crippen LogP) is 2.83. The van der Waals surface area contributed by atoms with E-state index >= 15 is 0 Å². The SMILES string of the molecule is Cc1ccc(NC(=O)[C@@H](C)OC(=O)c2ccc(N3C(=O)CCC3=O)cc2)cc1. The van der Waals surface area contributed by atoms with Crippen molar-refractivity contribution in [1.29, 1.82) is 0 Å². The van der Waals surface area contributed by atoms with Gasteiger partial charge in [0.05, 0.1) is 11.3 Å². The van der Waals surface area contributed by atoms with Gasteiger partial charge in [0.2, 0.25) is 11.8 Å². The lowest BCUT2D eigenvalue weighted by Crippen LogP contribution is -2.30. The van der Waals surface area contributed by atoms with Gasteiger partial charge in [0.25, 0.3) is 5.91 Å².